The first-order valence-electron chi connectivity index (χ1n) is 3.02. The zero-order valence-corrected chi connectivity index (χ0v) is 7.15. The van der Waals surface area contributed by atoms with Gasteiger partial charge in [0.05, 0.1) is 5.02 Å². The van der Waals surface area contributed by atoms with Crippen LogP contribution in [0.3, 0.4) is 0 Å². The number of hydrogen-bond donors (Lipinski definition) is 2. The van der Waals surface area contributed by atoms with E-state index >= 15 is 0 Å². The molecule has 1 aromatic carbocycles. The molecule has 3 N–H and O–H groups in total. The molecular formula is C7H7Cl2NO. The molecule has 0 aliphatic heterocycles. The van der Waals surface area contributed by atoms with Gasteiger partial charge in [-0.15, -0.1) is 0 Å². The summed E-state index contributed by atoms with van der Waals surface area (Å²) >= 11 is 11.3. The summed E-state index contributed by atoms with van der Waals surface area (Å²) in [6, 6.07) is 2.96. The SMILES string of the molecule is NCc1c(O)cc(Cl)cc1Cl. The van der Waals surface area contributed by atoms with Crippen molar-refractivity contribution < 1.29 is 5.11 Å². The maximum atomic E-state index is 9.22. The highest BCUT2D eigenvalue weighted by molar-refractivity contribution is 6.35. The van der Waals surface area contributed by atoms with E-state index in [1.54, 1.807) is 6.07 Å². The van der Waals surface area contributed by atoms with E-state index < -0.39 is 0 Å². The summed E-state index contributed by atoms with van der Waals surface area (Å²) in [5, 5.41) is 10.0. The number of nitrogens with two attached hydrogens (primary N) is 1. The number of halogens is 2. The lowest BCUT2D eigenvalue weighted by Crippen LogP contribution is -1.97. The second-order valence-electron chi connectivity index (χ2n) is 2.09. The van der Waals surface area contributed by atoms with E-state index in [9.17, 15) is 5.11 Å². The monoisotopic (exact) mass is 191 g/mol. The fourth-order valence-corrected chi connectivity index (χ4v) is 1.35. The van der Waals surface area contributed by atoms with Crippen LogP contribution < -0.4 is 5.73 Å². The van der Waals surface area contributed by atoms with E-state index in [4.69, 9.17) is 28.9 Å². The molecule has 2 nitrogen and oxygen atoms in total. The van der Waals surface area contributed by atoms with Crippen LogP contribution in [0.2, 0.25) is 10.0 Å². The van der Waals surface area contributed by atoms with Gasteiger partial charge in [-0.25, -0.2) is 0 Å². The Hall–Kier alpha value is -0.440. The van der Waals surface area contributed by atoms with Gasteiger partial charge in [0.2, 0.25) is 0 Å². The summed E-state index contributed by atoms with van der Waals surface area (Å²) < 4.78 is 0. The summed E-state index contributed by atoms with van der Waals surface area (Å²) in [6.45, 7) is 0.210. The molecule has 11 heavy (non-hydrogen) atoms. The third kappa shape index (κ3) is 1.77. The average Bonchev–Trinajstić information content (AvgIpc) is 1.85. The van der Waals surface area contributed by atoms with Crippen molar-refractivity contribution in [2.45, 2.75) is 6.54 Å². The topological polar surface area (TPSA) is 46.2 Å². The summed E-state index contributed by atoms with van der Waals surface area (Å²) in [6.07, 6.45) is 0. The highest BCUT2D eigenvalue weighted by Gasteiger charge is 2.05. The van der Waals surface area contributed by atoms with Gasteiger partial charge in [0.1, 0.15) is 5.75 Å². The van der Waals surface area contributed by atoms with Crippen LogP contribution in [0.1, 0.15) is 5.56 Å². The number of phenolic OH excluding ortho intramolecular Hbond substituents is 1. The molecule has 0 aliphatic rings. The molecule has 0 unspecified atom stereocenters. The van der Waals surface area contributed by atoms with Gasteiger partial charge < -0.3 is 10.8 Å². The lowest BCUT2D eigenvalue weighted by atomic mass is 10.2. The van der Waals surface area contributed by atoms with E-state index in [1.807, 2.05) is 0 Å². The molecule has 1 aromatic rings. The first-order chi connectivity index (χ1) is 5.15. The lowest BCUT2D eigenvalue weighted by Gasteiger charge is -2.03. The fourth-order valence-electron chi connectivity index (χ4n) is 0.792. The van der Waals surface area contributed by atoms with Crippen molar-refractivity contribution in [3.63, 3.8) is 0 Å². The second-order valence-corrected chi connectivity index (χ2v) is 2.93. The van der Waals surface area contributed by atoms with Crippen LogP contribution in [-0.4, -0.2) is 5.11 Å². The molecule has 60 valence electrons. The number of hydrogen-bond acceptors (Lipinski definition) is 2. The van der Waals surface area contributed by atoms with Crippen LogP contribution in [0, 0.1) is 0 Å². The van der Waals surface area contributed by atoms with Gasteiger partial charge in [-0.2, -0.15) is 0 Å². The van der Waals surface area contributed by atoms with Crippen LogP contribution in [0.5, 0.6) is 5.75 Å². The highest BCUT2D eigenvalue weighted by atomic mass is 35.5. The average molecular weight is 192 g/mol. The Morgan fingerprint density at radius 1 is 1.36 bits per heavy atom. The highest BCUT2D eigenvalue weighted by Crippen LogP contribution is 2.29. The molecule has 0 fully saturated rings. The fraction of sp³-hybridized carbons (Fsp3) is 0.143. The van der Waals surface area contributed by atoms with Crippen LogP contribution >= 0.6 is 23.2 Å². The van der Waals surface area contributed by atoms with Gasteiger partial charge in [0.25, 0.3) is 0 Å². The van der Waals surface area contributed by atoms with Gasteiger partial charge in [0.15, 0.2) is 0 Å². The minimum atomic E-state index is 0.0463. The second kappa shape index (κ2) is 3.30. The first kappa shape index (κ1) is 8.65. The van der Waals surface area contributed by atoms with E-state index in [2.05, 4.69) is 0 Å². The summed E-state index contributed by atoms with van der Waals surface area (Å²) in [5.41, 5.74) is 5.84. The summed E-state index contributed by atoms with van der Waals surface area (Å²) in [5.74, 6) is 0.0463. The number of rotatable bonds is 1. The molecule has 4 heteroatoms. The van der Waals surface area contributed by atoms with Crippen molar-refractivity contribution in [2.24, 2.45) is 5.73 Å². The Labute approximate surface area is 74.5 Å². The van der Waals surface area contributed by atoms with Crippen molar-refractivity contribution in [3.05, 3.63) is 27.7 Å². The molecule has 0 aliphatic carbocycles. The third-order valence-electron chi connectivity index (χ3n) is 1.34. The van der Waals surface area contributed by atoms with Crippen molar-refractivity contribution in [1.29, 1.82) is 0 Å². The Bertz CT molecular complexity index is 252. The third-order valence-corrected chi connectivity index (χ3v) is 1.90. The summed E-state index contributed by atoms with van der Waals surface area (Å²) in [7, 11) is 0. The van der Waals surface area contributed by atoms with Gasteiger partial charge in [-0.05, 0) is 12.1 Å². The molecule has 0 atom stereocenters. The van der Waals surface area contributed by atoms with Crippen molar-refractivity contribution in [1.82, 2.24) is 0 Å². The number of phenols is 1. The quantitative estimate of drug-likeness (QED) is 0.715. The van der Waals surface area contributed by atoms with Crippen LogP contribution in [0.15, 0.2) is 12.1 Å². The Morgan fingerprint density at radius 3 is 2.45 bits per heavy atom. The van der Waals surface area contributed by atoms with Crippen LogP contribution in [0.25, 0.3) is 0 Å². The molecule has 0 amide bonds. The molecular weight excluding hydrogens is 185 g/mol. The van der Waals surface area contributed by atoms with Gasteiger partial charge in [-0.3, -0.25) is 0 Å². The molecule has 0 bridgehead atoms. The van der Waals surface area contributed by atoms with E-state index in [0.29, 0.717) is 15.6 Å². The predicted molar refractivity (Wildman–Crippen MR) is 46.0 cm³/mol. The molecule has 0 spiro atoms. The Balaban J connectivity index is 3.25. The molecule has 0 aromatic heterocycles. The zero-order valence-electron chi connectivity index (χ0n) is 5.64. The van der Waals surface area contributed by atoms with E-state index in [-0.39, 0.29) is 12.3 Å². The van der Waals surface area contributed by atoms with Crippen molar-refractivity contribution in [3.8, 4) is 5.75 Å². The Kier molecular flexibility index (Phi) is 2.60. The van der Waals surface area contributed by atoms with Gasteiger partial charge >= 0.3 is 0 Å². The van der Waals surface area contributed by atoms with Crippen LogP contribution in [0.4, 0.5) is 0 Å². The minimum Gasteiger partial charge on any atom is -0.508 e. The predicted octanol–water partition coefficient (Wildman–Crippen LogP) is 2.16. The first-order valence-corrected chi connectivity index (χ1v) is 3.77. The maximum Gasteiger partial charge on any atom is 0.123 e. The van der Waals surface area contributed by atoms with E-state index in [1.165, 1.54) is 6.07 Å². The normalized spacial score (nSPS) is 10.1. The smallest absolute Gasteiger partial charge is 0.123 e. The lowest BCUT2D eigenvalue weighted by molar-refractivity contribution is 0.468. The standard InChI is InChI=1S/C7H7Cl2NO/c8-4-1-6(9)5(3-10)7(11)2-4/h1-2,11H,3,10H2. The van der Waals surface area contributed by atoms with Crippen molar-refractivity contribution >= 4 is 23.2 Å². The Morgan fingerprint density at radius 2 is 2.00 bits per heavy atom. The maximum absolute atomic E-state index is 9.22. The zero-order chi connectivity index (χ0) is 8.43. The van der Waals surface area contributed by atoms with E-state index in [0.717, 1.165) is 0 Å². The van der Waals surface area contributed by atoms with Crippen LogP contribution in [-0.2, 0) is 6.54 Å². The number of aromatic hydroxyl groups is 1. The summed E-state index contributed by atoms with van der Waals surface area (Å²) in [4.78, 5) is 0. The molecule has 0 saturated heterocycles. The van der Waals surface area contributed by atoms with Gasteiger partial charge in [-0.1, -0.05) is 23.2 Å². The van der Waals surface area contributed by atoms with Gasteiger partial charge in [0, 0.05) is 17.1 Å². The molecule has 0 heterocycles. The largest absolute Gasteiger partial charge is 0.508 e. The van der Waals surface area contributed by atoms with Crippen molar-refractivity contribution in [2.75, 3.05) is 0 Å². The molecule has 1 rings (SSSR count). The number of benzene rings is 1. The molecule has 0 saturated carbocycles. The molecule has 0 radical (unpaired) electrons. The minimum absolute atomic E-state index is 0.0463.